The molecule has 0 spiro atoms. The number of halogens is 1. The van der Waals surface area contributed by atoms with E-state index in [0.29, 0.717) is 13.1 Å². The standard InChI is InChI=1S/C13H14ClN5O/c14-11-3-1-2-4-12(11)17-7-9-18(10-8-17)13(20)19-6-5-15-16-19/h1-6H,7-10H2. The van der Waals surface area contributed by atoms with E-state index in [1.807, 2.05) is 24.3 Å². The second kappa shape index (κ2) is 5.50. The van der Waals surface area contributed by atoms with E-state index in [4.69, 9.17) is 11.6 Å². The molecule has 0 unspecified atom stereocenters. The molecule has 0 bridgehead atoms. The molecule has 6 nitrogen and oxygen atoms in total. The molecule has 0 aliphatic carbocycles. The smallest absolute Gasteiger partial charge is 0.346 e. The first-order chi connectivity index (χ1) is 9.75. The molecule has 0 radical (unpaired) electrons. The summed E-state index contributed by atoms with van der Waals surface area (Å²) in [5.41, 5.74) is 1.02. The van der Waals surface area contributed by atoms with Crippen LogP contribution in [0.2, 0.25) is 5.02 Å². The highest BCUT2D eigenvalue weighted by Gasteiger charge is 2.23. The first-order valence-electron chi connectivity index (χ1n) is 6.41. The molecule has 20 heavy (non-hydrogen) atoms. The maximum atomic E-state index is 12.1. The maximum absolute atomic E-state index is 12.1. The maximum Gasteiger partial charge on any atom is 0.346 e. The van der Waals surface area contributed by atoms with Gasteiger partial charge >= 0.3 is 6.03 Å². The van der Waals surface area contributed by atoms with Crippen molar-refractivity contribution in [1.82, 2.24) is 19.9 Å². The molecule has 1 fully saturated rings. The number of hydrogen-bond acceptors (Lipinski definition) is 4. The Morgan fingerprint density at radius 3 is 2.55 bits per heavy atom. The molecule has 1 aliphatic rings. The molecule has 1 saturated heterocycles. The second-order valence-corrected chi connectivity index (χ2v) is 4.96. The van der Waals surface area contributed by atoms with Crippen LogP contribution in [0.3, 0.4) is 0 Å². The van der Waals surface area contributed by atoms with Crippen molar-refractivity contribution < 1.29 is 4.79 Å². The quantitative estimate of drug-likeness (QED) is 0.803. The third kappa shape index (κ3) is 2.46. The number of carbonyl (C=O) groups excluding carboxylic acids is 1. The van der Waals surface area contributed by atoms with Crippen LogP contribution in [0.1, 0.15) is 0 Å². The summed E-state index contributed by atoms with van der Waals surface area (Å²) in [6.07, 6.45) is 3.06. The summed E-state index contributed by atoms with van der Waals surface area (Å²) in [5.74, 6) is 0. The van der Waals surface area contributed by atoms with Crippen molar-refractivity contribution in [2.75, 3.05) is 31.1 Å². The molecule has 3 rings (SSSR count). The van der Waals surface area contributed by atoms with Gasteiger partial charge in [-0.3, -0.25) is 0 Å². The van der Waals surface area contributed by atoms with Crippen molar-refractivity contribution in [3.8, 4) is 0 Å². The fourth-order valence-corrected chi connectivity index (χ4v) is 2.56. The summed E-state index contributed by atoms with van der Waals surface area (Å²) in [6.45, 7) is 2.79. The zero-order valence-corrected chi connectivity index (χ0v) is 11.6. The highest BCUT2D eigenvalue weighted by molar-refractivity contribution is 6.33. The summed E-state index contributed by atoms with van der Waals surface area (Å²) in [7, 11) is 0. The summed E-state index contributed by atoms with van der Waals surface area (Å²) < 4.78 is 1.26. The van der Waals surface area contributed by atoms with Gasteiger partial charge in [-0.15, -0.1) is 5.10 Å². The van der Waals surface area contributed by atoms with Crippen LogP contribution in [-0.2, 0) is 0 Å². The molecular formula is C13H14ClN5O. The van der Waals surface area contributed by atoms with Gasteiger partial charge in [0.15, 0.2) is 0 Å². The number of amides is 1. The number of aromatic nitrogens is 3. The van der Waals surface area contributed by atoms with E-state index in [1.54, 1.807) is 11.1 Å². The van der Waals surface area contributed by atoms with Crippen molar-refractivity contribution in [2.24, 2.45) is 0 Å². The lowest BCUT2D eigenvalue weighted by Crippen LogP contribution is -2.50. The molecule has 2 aromatic rings. The van der Waals surface area contributed by atoms with Crippen LogP contribution >= 0.6 is 11.6 Å². The van der Waals surface area contributed by atoms with E-state index in [2.05, 4.69) is 15.2 Å². The van der Waals surface area contributed by atoms with Crippen LogP contribution in [-0.4, -0.2) is 52.1 Å². The highest BCUT2D eigenvalue weighted by Crippen LogP contribution is 2.26. The molecule has 1 aromatic carbocycles. The van der Waals surface area contributed by atoms with Crippen LogP contribution < -0.4 is 4.90 Å². The lowest BCUT2D eigenvalue weighted by Gasteiger charge is -2.36. The molecule has 0 atom stereocenters. The normalized spacial score (nSPS) is 15.4. The van der Waals surface area contributed by atoms with Crippen molar-refractivity contribution >= 4 is 23.3 Å². The van der Waals surface area contributed by atoms with Crippen LogP contribution in [0.15, 0.2) is 36.7 Å². The van der Waals surface area contributed by atoms with Crippen molar-refractivity contribution in [1.29, 1.82) is 0 Å². The Labute approximate surface area is 121 Å². The molecule has 7 heteroatoms. The summed E-state index contributed by atoms with van der Waals surface area (Å²) in [5, 5.41) is 8.11. The fourth-order valence-electron chi connectivity index (χ4n) is 2.30. The zero-order chi connectivity index (χ0) is 13.9. The number of rotatable bonds is 1. The Morgan fingerprint density at radius 2 is 1.90 bits per heavy atom. The van der Waals surface area contributed by atoms with Crippen molar-refractivity contribution in [3.05, 3.63) is 41.7 Å². The number of benzene rings is 1. The van der Waals surface area contributed by atoms with E-state index < -0.39 is 0 Å². The van der Waals surface area contributed by atoms with Crippen LogP contribution in [0.5, 0.6) is 0 Å². The summed E-state index contributed by atoms with van der Waals surface area (Å²) in [4.78, 5) is 16.1. The minimum Gasteiger partial charge on any atom is -0.367 e. The van der Waals surface area contributed by atoms with Gasteiger partial charge in [-0.25, -0.2) is 4.79 Å². The second-order valence-electron chi connectivity index (χ2n) is 4.56. The van der Waals surface area contributed by atoms with Crippen molar-refractivity contribution in [2.45, 2.75) is 0 Å². The average molecular weight is 292 g/mol. The Balaban J connectivity index is 1.65. The number of anilines is 1. The van der Waals surface area contributed by atoms with Crippen LogP contribution in [0.4, 0.5) is 10.5 Å². The molecule has 0 N–H and O–H groups in total. The van der Waals surface area contributed by atoms with Gasteiger partial charge in [0.1, 0.15) is 0 Å². The van der Waals surface area contributed by atoms with Gasteiger partial charge < -0.3 is 9.80 Å². The van der Waals surface area contributed by atoms with Gasteiger partial charge in [-0.05, 0) is 12.1 Å². The minimum atomic E-state index is -0.138. The van der Waals surface area contributed by atoms with Crippen LogP contribution in [0.25, 0.3) is 0 Å². The van der Waals surface area contributed by atoms with Gasteiger partial charge in [0.25, 0.3) is 0 Å². The molecular weight excluding hydrogens is 278 g/mol. The zero-order valence-electron chi connectivity index (χ0n) is 10.8. The molecule has 0 saturated carbocycles. The molecule has 1 aromatic heterocycles. The van der Waals surface area contributed by atoms with Gasteiger partial charge in [-0.2, -0.15) is 4.68 Å². The fraction of sp³-hybridized carbons (Fsp3) is 0.308. The Morgan fingerprint density at radius 1 is 1.15 bits per heavy atom. The summed E-state index contributed by atoms with van der Waals surface area (Å²) in [6, 6.07) is 7.62. The van der Waals surface area contributed by atoms with E-state index in [0.717, 1.165) is 23.8 Å². The Bertz CT molecular complexity index is 593. The van der Waals surface area contributed by atoms with Crippen molar-refractivity contribution in [3.63, 3.8) is 0 Å². The average Bonchev–Trinajstić information content (AvgIpc) is 3.01. The number of carbonyl (C=O) groups is 1. The number of para-hydroxylation sites is 1. The van der Waals surface area contributed by atoms with Gasteiger partial charge in [0.05, 0.1) is 23.1 Å². The lowest BCUT2D eigenvalue weighted by molar-refractivity contribution is 0.192. The SMILES string of the molecule is O=C(N1CCN(c2ccccc2Cl)CC1)n1ccnn1. The Kier molecular flexibility index (Phi) is 3.56. The predicted octanol–water partition coefficient (Wildman–Crippen LogP) is 1.72. The molecule has 104 valence electrons. The minimum absolute atomic E-state index is 0.138. The third-order valence-corrected chi connectivity index (χ3v) is 3.68. The van der Waals surface area contributed by atoms with Gasteiger partial charge in [-0.1, -0.05) is 28.9 Å². The lowest BCUT2D eigenvalue weighted by atomic mass is 10.2. The third-order valence-electron chi connectivity index (χ3n) is 3.36. The van der Waals surface area contributed by atoms with Gasteiger partial charge in [0, 0.05) is 26.2 Å². The molecule has 1 aliphatic heterocycles. The number of hydrogen-bond donors (Lipinski definition) is 0. The Hall–Kier alpha value is -2.08. The van der Waals surface area contributed by atoms with E-state index in [9.17, 15) is 4.79 Å². The monoisotopic (exact) mass is 291 g/mol. The highest BCUT2D eigenvalue weighted by atomic mass is 35.5. The first kappa shape index (κ1) is 12.9. The topological polar surface area (TPSA) is 54.3 Å². The number of piperazine rings is 1. The van der Waals surface area contributed by atoms with E-state index in [-0.39, 0.29) is 6.03 Å². The first-order valence-corrected chi connectivity index (χ1v) is 6.78. The van der Waals surface area contributed by atoms with Crippen LogP contribution in [0, 0.1) is 0 Å². The summed E-state index contributed by atoms with van der Waals surface area (Å²) >= 11 is 6.19. The van der Waals surface area contributed by atoms with Gasteiger partial charge in [0.2, 0.25) is 0 Å². The number of nitrogens with zero attached hydrogens (tertiary/aromatic N) is 5. The van der Waals surface area contributed by atoms with E-state index >= 15 is 0 Å². The molecule has 2 heterocycles. The largest absolute Gasteiger partial charge is 0.367 e. The molecule has 1 amide bonds. The predicted molar refractivity (Wildman–Crippen MR) is 76.1 cm³/mol. The van der Waals surface area contributed by atoms with E-state index in [1.165, 1.54) is 10.9 Å².